The molecule has 2 aromatic carbocycles. The lowest BCUT2D eigenvalue weighted by Crippen LogP contribution is -2.67. The third kappa shape index (κ3) is 2.33. The molecule has 4 aliphatic carbocycles. The standard InChI is InChI=1S/C22H24F2N2O2/c23-21-8-19(13-1-3-17(27)15(25)5-13)7-20(10-21,11-22(24,9-19)12-21)14-2-4-18(28)16(26)6-14/h1-6,27-28H,7-12,25-26H2. The molecule has 6 rings (SSSR count). The van der Waals surface area contributed by atoms with Crippen LogP contribution in [0.3, 0.4) is 0 Å². The molecule has 0 saturated heterocycles. The number of phenolic OH excluding ortho intramolecular Hbond substituents is 2. The zero-order valence-electron chi connectivity index (χ0n) is 15.5. The van der Waals surface area contributed by atoms with E-state index >= 15 is 8.78 Å². The van der Waals surface area contributed by atoms with E-state index in [4.69, 9.17) is 11.5 Å². The van der Waals surface area contributed by atoms with Crippen molar-refractivity contribution in [3.05, 3.63) is 47.5 Å². The van der Waals surface area contributed by atoms with Crippen LogP contribution in [0.1, 0.15) is 49.7 Å². The van der Waals surface area contributed by atoms with E-state index in [1.807, 2.05) is 0 Å². The third-order valence-corrected chi connectivity index (χ3v) is 7.21. The summed E-state index contributed by atoms with van der Waals surface area (Å²) in [6.07, 6.45) is 1.53. The molecule has 4 bridgehead atoms. The number of halogens is 2. The number of hydrogen-bond acceptors (Lipinski definition) is 4. The highest BCUT2D eigenvalue weighted by Gasteiger charge is 2.70. The maximum atomic E-state index is 15.9. The summed E-state index contributed by atoms with van der Waals surface area (Å²) in [7, 11) is 0. The molecule has 0 unspecified atom stereocenters. The first-order valence-electron chi connectivity index (χ1n) is 9.62. The van der Waals surface area contributed by atoms with Crippen LogP contribution >= 0.6 is 0 Å². The molecule has 6 N–H and O–H groups in total. The Kier molecular flexibility index (Phi) is 3.20. The number of nitrogens with two attached hydrogens (primary N) is 2. The molecule has 28 heavy (non-hydrogen) atoms. The van der Waals surface area contributed by atoms with E-state index < -0.39 is 22.2 Å². The maximum absolute atomic E-state index is 15.9. The van der Waals surface area contributed by atoms with Crippen molar-refractivity contribution >= 4 is 11.4 Å². The largest absolute Gasteiger partial charge is 0.506 e. The van der Waals surface area contributed by atoms with Gasteiger partial charge in [-0.25, -0.2) is 8.78 Å². The second-order valence-corrected chi connectivity index (χ2v) is 9.47. The Labute approximate surface area is 162 Å². The molecule has 0 aromatic heterocycles. The average molecular weight is 386 g/mol. The zero-order valence-corrected chi connectivity index (χ0v) is 15.5. The molecule has 4 fully saturated rings. The number of benzene rings is 2. The van der Waals surface area contributed by atoms with E-state index in [-0.39, 0.29) is 55.0 Å². The van der Waals surface area contributed by atoms with Gasteiger partial charge in [-0.3, -0.25) is 0 Å². The first-order valence-corrected chi connectivity index (χ1v) is 9.62. The van der Waals surface area contributed by atoms with Crippen LogP contribution in [0.5, 0.6) is 11.5 Å². The van der Waals surface area contributed by atoms with Crippen LogP contribution in [0, 0.1) is 0 Å². The monoisotopic (exact) mass is 386 g/mol. The number of phenols is 2. The fourth-order valence-corrected chi connectivity index (χ4v) is 6.77. The minimum absolute atomic E-state index is 0.0283. The van der Waals surface area contributed by atoms with E-state index in [1.54, 1.807) is 24.3 Å². The Bertz CT molecular complexity index is 901. The van der Waals surface area contributed by atoms with Crippen molar-refractivity contribution in [2.75, 3.05) is 11.5 Å². The number of hydrogen-bond donors (Lipinski definition) is 4. The van der Waals surface area contributed by atoms with Crippen molar-refractivity contribution in [3.63, 3.8) is 0 Å². The molecule has 6 heteroatoms. The van der Waals surface area contributed by atoms with Crippen molar-refractivity contribution in [3.8, 4) is 11.5 Å². The molecule has 148 valence electrons. The van der Waals surface area contributed by atoms with Crippen LogP contribution in [-0.2, 0) is 10.8 Å². The van der Waals surface area contributed by atoms with Gasteiger partial charge in [0.2, 0.25) is 0 Å². The highest BCUT2D eigenvalue weighted by Crippen LogP contribution is 2.71. The zero-order chi connectivity index (χ0) is 19.9. The molecule has 0 amide bonds. The minimum Gasteiger partial charge on any atom is -0.506 e. The van der Waals surface area contributed by atoms with E-state index in [0.717, 1.165) is 11.1 Å². The number of anilines is 2. The molecule has 0 radical (unpaired) electrons. The van der Waals surface area contributed by atoms with Crippen molar-refractivity contribution in [2.45, 2.75) is 60.7 Å². The molecular formula is C22H24F2N2O2. The first kappa shape index (κ1) is 17.6. The molecule has 4 nitrogen and oxygen atoms in total. The summed E-state index contributed by atoms with van der Waals surface area (Å²) in [6.45, 7) is 0. The van der Waals surface area contributed by atoms with Gasteiger partial charge in [0.05, 0.1) is 11.4 Å². The summed E-state index contributed by atoms with van der Waals surface area (Å²) in [5.41, 5.74) is 9.21. The van der Waals surface area contributed by atoms with E-state index in [2.05, 4.69) is 0 Å². The topological polar surface area (TPSA) is 92.5 Å². The number of aromatic hydroxyl groups is 2. The highest BCUT2D eigenvalue weighted by atomic mass is 19.2. The molecule has 4 saturated carbocycles. The van der Waals surface area contributed by atoms with Gasteiger partial charge in [0.1, 0.15) is 22.8 Å². The van der Waals surface area contributed by atoms with E-state index in [9.17, 15) is 10.2 Å². The van der Waals surface area contributed by atoms with Crippen LogP contribution in [0.4, 0.5) is 20.2 Å². The van der Waals surface area contributed by atoms with Gasteiger partial charge in [0.25, 0.3) is 0 Å². The number of alkyl halides is 2. The number of nitrogen functional groups attached to an aromatic ring is 2. The molecule has 0 heterocycles. The maximum Gasteiger partial charge on any atom is 0.138 e. The fraction of sp³-hybridized carbons (Fsp3) is 0.455. The summed E-state index contributed by atoms with van der Waals surface area (Å²) in [4.78, 5) is 0. The van der Waals surface area contributed by atoms with Gasteiger partial charge >= 0.3 is 0 Å². The van der Waals surface area contributed by atoms with Gasteiger partial charge in [0, 0.05) is 17.3 Å². The van der Waals surface area contributed by atoms with Gasteiger partial charge in [-0.05, 0) is 67.5 Å². The number of rotatable bonds is 2. The quantitative estimate of drug-likeness (QED) is 0.459. The molecule has 0 atom stereocenters. The Morgan fingerprint density at radius 3 is 1.39 bits per heavy atom. The lowest BCUT2D eigenvalue weighted by Gasteiger charge is -2.66. The molecule has 4 aliphatic rings. The van der Waals surface area contributed by atoms with Crippen molar-refractivity contribution in [2.24, 2.45) is 0 Å². The summed E-state index contributed by atoms with van der Waals surface area (Å²) in [5.74, 6) is -0.0566. The summed E-state index contributed by atoms with van der Waals surface area (Å²) < 4.78 is 31.9. The molecular weight excluding hydrogens is 362 g/mol. The summed E-state index contributed by atoms with van der Waals surface area (Å²) >= 11 is 0. The smallest absolute Gasteiger partial charge is 0.138 e. The van der Waals surface area contributed by atoms with Crippen LogP contribution < -0.4 is 11.5 Å². The fourth-order valence-electron chi connectivity index (χ4n) is 6.77. The van der Waals surface area contributed by atoms with Crippen LogP contribution in [0.25, 0.3) is 0 Å². The Morgan fingerprint density at radius 1 is 0.643 bits per heavy atom. The Balaban J connectivity index is 1.69. The van der Waals surface area contributed by atoms with E-state index in [0.29, 0.717) is 6.42 Å². The van der Waals surface area contributed by atoms with Crippen LogP contribution in [0.15, 0.2) is 36.4 Å². The average Bonchev–Trinajstić information content (AvgIpc) is 2.56. The summed E-state index contributed by atoms with van der Waals surface area (Å²) in [6, 6.07) is 9.81. The SMILES string of the molecule is Nc1cc(C23CC4(F)CC(F)(C2)CC(c2ccc(O)c(N)c2)(C4)C3)ccc1O. The minimum atomic E-state index is -1.61. The lowest BCUT2D eigenvalue weighted by molar-refractivity contribution is -0.160. The Morgan fingerprint density at radius 2 is 1.04 bits per heavy atom. The van der Waals surface area contributed by atoms with Gasteiger partial charge in [-0.2, -0.15) is 0 Å². The lowest BCUT2D eigenvalue weighted by atomic mass is 9.40. The van der Waals surface area contributed by atoms with Crippen molar-refractivity contribution in [1.29, 1.82) is 0 Å². The highest BCUT2D eigenvalue weighted by molar-refractivity contribution is 5.58. The molecule has 2 aromatic rings. The van der Waals surface area contributed by atoms with Gasteiger partial charge < -0.3 is 21.7 Å². The van der Waals surface area contributed by atoms with Gasteiger partial charge in [0.15, 0.2) is 0 Å². The normalized spacial score (nSPS) is 38.6. The molecule has 0 aliphatic heterocycles. The summed E-state index contributed by atoms with van der Waals surface area (Å²) in [5, 5.41) is 19.6. The first-order chi connectivity index (χ1) is 13.1. The van der Waals surface area contributed by atoms with Gasteiger partial charge in [-0.1, -0.05) is 12.1 Å². The third-order valence-electron chi connectivity index (χ3n) is 7.21. The predicted molar refractivity (Wildman–Crippen MR) is 104 cm³/mol. The van der Waals surface area contributed by atoms with Crippen molar-refractivity contribution < 1.29 is 19.0 Å². The Hall–Kier alpha value is -2.50. The molecule has 0 spiro atoms. The van der Waals surface area contributed by atoms with Gasteiger partial charge in [-0.15, -0.1) is 0 Å². The van der Waals surface area contributed by atoms with Crippen LogP contribution in [0.2, 0.25) is 0 Å². The van der Waals surface area contributed by atoms with Crippen LogP contribution in [-0.4, -0.2) is 21.6 Å². The second kappa shape index (κ2) is 5.10. The van der Waals surface area contributed by atoms with Crippen molar-refractivity contribution in [1.82, 2.24) is 0 Å². The second-order valence-electron chi connectivity index (χ2n) is 9.47. The van der Waals surface area contributed by atoms with E-state index in [1.165, 1.54) is 12.1 Å². The predicted octanol–water partition coefficient (Wildman–Crippen LogP) is 4.24.